The number of aromatic nitrogens is 2. The minimum Gasteiger partial charge on any atom is -0.495 e. The van der Waals surface area contributed by atoms with Crippen LogP contribution in [0.3, 0.4) is 0 Å². The zero-order valence-corrected chi connectivity index (χ0v) is 15.1. The molecule has 0 radical (unpaired) electrons. The molecular formula is C21H21N3O3. The lowest BCUT2D eigenvalue weighted by atomic mass is 10.1. The first-order valence-electron chi connectivity index (χ1n) is 9.13. The molecule has 27 heavy (non-hydrogen) atoms. The summed E-state index contributed by atoms with van der Waals surface area (Å²) in [5.74, 6) is 2.09. The van der Waals surface area contributed by atoms with E-state index in [9.17, 15) is 4.79 Å². The number of benzene rings is 2. The van der Waals surface area contributed by atoms with Gasteiger partial charge in [0.15, 0.2) is 0 Å². The van der Waals surface area contributed by atoms with Gasteiger partial charge < -0.3 is 14.6 Å². The summed E-state index contributed by atoms with van der Waals surface area (Å²) in [6.07, 6.45) is 4.67. The van der Waals surface area contributed by atoms with Crippen molar-refractivity contribution < 1.29 is 14.1 Å². The summed E-state index contributed by atoms with van der Waals surface area (Å²) in [6.45, 7) is 0. The van der Waals surface area contributed by atoms with Crippen molar-refractivity contribution in [1.82, 2.24) is 10.1 Å². The monoisotopic (exact) mass is 363 g/mol. The molecule has 6 nitrogen and oxygen atoms in total. The Bertz CT molecular complexity index is 928. The van der Waals surface area contributed by atoms with Gasteiger partial charge in [-0.25, -0.2) is 0 Å². The SMILES string of the molecule is COc1ccccc1NC(=O)c1ccc(-c2noc(C3CCCC3)n2)cc1. The molecule has 1 aromatic heterocycles. The molecule has 0 spiro atoms. The molecule has 1 aliphatic rings. The number of ether oxygens (including phenoxy) is 1. The van der Waals surface area contributed by atoms with E-state index in [4.69, 9.17) is 9.26 Å². The van der Waals surface area contributed by atoms with Crippen molar-refractivity contribution >= 4 is 11.6 Å². The lowest BCUT2D eigenvalue weighted by molar-refractivity contribution is 0.102. The Balaban J connectivity index is 1.48. The average Bonchev–Trinajstić information content (AvgIpc) is 3.40. The Hall–Kier alpha value is -3.15. The van der Waals surface area contributed by atoms with Gasteiger partial charge in [-0.1, -0.05) is 42.3 Å². The molecule has 1 aliphatic carbocycles. The van der Waals surface area contributed by atoms with E-state index in [0.717, 1.165) is 24.3 Å². The van der Waals surface area contributed by atoms with Crippen molar-refractivity contribution in [3.8, 4) is 17.1 Å². The summed E-state index contributed by atoms with van der Waals surface area (Å²) in [5.41, 5.74) is 2.01. The molecular weight excluding hydrogens is 342 g/mol. The van der Waals surface area contributed by atoms with Gasteiger partial charge in [0.2, 0.25) is 11.7 Å². The van der Waals surface area contributed by atoms with Gasteiger partial charge >= 0.3 is 0 Å². The number of hydrogen-bond acceptors (Lipinski definition) is 5. The number of amides is 1. The Labute approximate surface area is 157 Å². The standard InChI is InChI=1S/C21H21N3O3/c1-26-18-9-5-4-8-17(18)22-20(25)15-12-10-14(11-13-15)19-23-21(27-24-19)16-6-2-3-7-16/h4-5,8-13,16H,2-3,6-7H2,1H3,(H,22,25). The Morgan fingerprint density at radius 1 is 1.11 bits per heavy atom. The Morgan fingerprint density at radius 2 is 1.85 bits per heavy atom. The molecule has 2 aromatic carbocycles. The molecule has 1 fully saturated rings. The van der Waals surface area contributed by atoms with Crippen LogP contribution in [-0.4, -0.2) is 23.2 Å². The first kappa shape index (κ1) is 17.3. The van der Waals surface area contributed by atoms with Crippen LogP contribution >= 0.6 is 0 Å². The molecule has 0 atom stereocenters. The number of anilines is 1. The predicted octanol–water partition coefficient (Wildman–Crippen LogP) is 4.66. The summed E-state index contributed by atoms with van der Waals surface area (Å²) in [4.78, 5) is 17.0. The van der Waals surface area contributed by atoms with Crippen LogP contribution in [0, 0.1) is 0 Å². The summed E-state index contributed by atoms with van der Waals surface area (Å²) in [6, 6.07) is 14.5. The maximum atomic E-state index is 12.5. The van der Waals surface area contributed by atoms with Crippen LogP contribution in [0.4, 0.5) is 5.69 Å². The molecule has 0 unspecified atom stereocenters. The molecule has 1 heterocycles. The van der Waals surface area contributed by atoms with E-state index in [0.29, 0.717) is 28.7 Å². The van der Waals surface area contributed by atoms with E-state index in [2.05, 4.69) is 15.5 Å². The number of carbonyl (C=O) groups excluding carboxylic acids is 1. The topological polar surface area (TPSA) is 77.2 Å². The third-order valence-electron chi connectivity index (χ3n) is 4.91. The number of carbonyl (C=O) groups is 1. The molecule has 6 heteroatoms. The largest absolute Gasteiger partial charge is 0.495 e. The van der Waals surface area contributed by atoms with E-state index in [-0.39, 0.29) is 5.91 Å². The molecule has 0 saturated heterocycles. The molecule has 1 amide bonds. The quantitative estimate of drug-likeness (QED) is 0.714. The Kier molecular flexibility index (Phi) is 4.87. The maximum absolute atomic E-state index is 12.5. The van der Waals surface area contributed by atoms with Gasteiger partial charge in [0, 0.05) is 17.0 Å². The summed E-state index contributed by atoms with van der Waals surface area (Å²) in [7, 11) is 1.57. The smallest absolute Gasteiger partial charge is 0.255 e. The highest BCUT2D eigenvalue weighted by atomic mass is 16.5. The van der Waals surface area contributed by atoms with Crippen LogP contribution in [0.2, 0.25) is 0 Å². The second kappa shape index (κ2) is 7.61. The molecule has 0 bridgehead atoms. The van der Waals surface area contributed by atoms with Gasteiger partial charge in [-0.2, -0.15) is 4.98 Å². The van der Waals surface area contributed by atoms with E-state index in [1.54, 1.807) is 31.4 Å². The zero-order chi connectivity index (χ0) is 18.6. The van der Waals surface area contributed by atoms with Crippen LogP contribution in [0.25, 0.3) is 11.4 Å². The molecule has 138 valence electrons. The van der Waals surface area contributed by atoms with E-state index < -0.39 is 0 Å². The predicted molar refractivity (Wildman–Crippen MR) is 102 cm³/mol. The van der Waals surface area contributed by atoms with Gasteiger partial charge in [0.05, 0.1) is 12.8 Å². The van der Waals surface area contributed by atoms with Crippen molar-refractivity contribution in [1.29, 1.82) is 0 Å². The normalized spacial score (nSPS) is 14.3. The minimum atomic E-state index is -0.203. The van der Waals surface area contributed by atoms with Crippen LogP contribution in [-0.2, 0) is 0 Å². The zero-order valence-electron chi connectivity index (χ0n) is 15.1. The number of nitrogens with zero attached hydrogens (tertiary/aromatic N) is 2. The second-order valence-corrected chi connectivity index (χ2v) is 6.67. The highest BCUT2D eigenvalue weighted by Gasteiger charge is 2.23. The van der Waals surface area contributed by atoms with Crippen LogP contribution in [0.1, 0.15) is 47.8 Å². The third-order valence-corrected chi connectivity index (χ3v) is 4.91. The van der Waals surface area contributed by atoms with Gasteiger partial charge in [0.25, 0.3) is 5.91 Å². The molecule has 1 N–H and O–H groups in total. The van der Waals surface area contributed by atoms with E-state index >= 15 is 0 Å². The highest BCUT2D eigenvalue weighted by molar-refractivity contribution is 6.05. The van der Waals surface area contributed by atoms with Crippen molar-refractivity contribution in [2.24, 2.45) is 0 Å². The van der Waals surface area contributed by atoms with Crippen LogP contribution in [0.5, 0.6) is 5.75 Å². The first-order chi connectivity index (χ1) is 13.2. The average molecular weight is 363 g/mol. The summed E-state index contributed by atoms with van der Waals surface area (Å²) < 4.78 is 10.7. The van der Waals surface area contributed by atoms with Crippen LogP contribution in [0.15, 0.2) is 53.1 Å². The fraction of sp³-hybridized carbons (Fsp3) is 0.286. The summed E-state index contributed by atoms with van der Waals surface area (Å²) >= 11 is 0. The van der Waals surface area contributed by atoms with E-state index in [1.165, 1.54) is 12.8 Å². The molecule has 1 saturated carbocycles. The first-order valence-corrected chi connectivity index (χ1v) is 9.13. The van der Waals surface area contributed by atoms with E-state index in [1.807, 2.05) is 24.3 Å². The van der Waals surface area contributed by atoms with Crippen molar-refractivity contribution in [3.63, 3.8) is 0 Å². The highest BCUT2D eigenvalue weighted by Crippen LogP contribution is 2.34. The van der Waals surface area contributed by atoms with Gasteiger partial charge in [-0.15, -0.1) is 0 Å². The molecule has 0 aliphatic heterocycles. The number of nitrogens with one attached hydrogen (secondary N) is 1. The summed E-state index contributed by atoms with van der Waals surface area (Å²) in [5, 5.41) is 6.96. The number of hydrogen-bond donors (Lipinski definition) is 1. The van der Waals surface area contributed by atoms with Gasteiger partial charge in [-0.3, -0.25) is 4.79 Å². The second-order valence-electron chi connectivity index (χ2n) is 6.67. The van der Waals surface area contributed by atoms with Gasteiger partial charge in [-0.05, 0) is 37.1 Å². The third kappa shape index (κ3) is 3.69. The lowest BCUT2D eigenvalue weighted by Crippen LogP contribution is -2.12. The molecule has 4 rings (SSSR count). The number of rotatable bonds is 5. The number of para-hydroxylation sites is 2. The number of methoxy groups -OCH3 is 1. The van der Waals surface area contributed by atoms with Crippen molar-refractivity contribution in [3.05, 3.63) is 60.0 Å². The minimum absolute atomic E-state index is 0.203. The fourth-order valence-corrected chi connectivity index (χ4v) is 3.40. The maximum Gasteiger partial charge on any atom is 0.255 e. The van der Waals surface area contributed by atoms with Crippen molar-refractivity contribution in [2.75, 3.05) is 12.4 Å². The van der Waals surface area contributed by atoms with Crippen molar-refractivity contribution in [2.45, 2.75) is 31.6 Å². The van der Waals surface area contributed by atoms with Crippen LogP contribution < -0.4 is 10.1 Å². The van der Waals surface area contributed by atoms with Gasteiger partial charge in [0.1, 0.15) is 5.75 Å². The Morgan fingerprint density at radius 3 is 2.59 bits per heavy atom. The lowest BCUT2D eigenvalue weighted by Gasteiger charge is -2.09. The molecule has 3 aromatic rings. The fourth-order valence-electron chi connectivity index (χ4n) is 3.40.